The molecule has 0 aromatic rings. The molecule has 0 unspecified atom stereocenters. The van der Waals surface area contributed by atoms with Gasteiger partial charge in [-0.3, -0.25) is 9.89 Å². The summed E-state index contributed by atoms with van der Waals surface area (Å²) in [5, 5.41) is 7.24. The van der Waals surface area contributed by atoms with Crippen molar-refractivity contribution >= 4 is 23.8 Å². The molecule has 3 rings (SSSR count). The first-order valence-electron chi connectivity index (χ1n) is 10.8. The minimum absolute atomic E-state index is 0.222. The number of nitrogens with one attached hydrogen (secondary N) is 2. The van der Waals surface area contributed by atoms with Crippen LogP contribution in [0.5, 0.6) is 0 Å². The van der Waals surface area contributed by atoms with E-state index in [1.54, 1.807) is 4.90 Å². The zero-order chi connectivity index (χ0) is 19.8. The average molecular weight is 412 g/mol. The van der Waals surface area contributed by atoms with E-state index in [-0.39, 0.29) is 11.6 Å². The van der Waals surface area contributed by atoms with E-state index < -0.39 is 0 Å². The van der Waals surface area contributed by atoms with Gasteiger partial charge in [-0.2, -0.15) is 11.8 Å². The fourth-order valence-corrected chi connectivity index (χ4v) is 5.73. The quantitative estimate of drug-likeness (QED) is 0.546. The Balaban J connectivity index is 1.51. The third-order valence-electron chi connectivity index (χ3n) is 6.54. The van der Waals surface area contributed by atoms with Gasteiger partial charge in [0.05, 0.1) is 7.11 Å². The third-order valence-corrected chi connectivity index (χ3v) is 7.49. The first kappa shape index (κ1) is 21.6. The van der Waals surface area contributed by atoms with Gasteiger partial charge in [-0.15, -0.1) is 0 Å². The predicted molar refractivity (Wildman–Crippen MR) is 116 cm³/mol. The van der Waals surface area contributed by atoms with Crippen molar-refractivity contribution in [3.05, 3.63) is 0 Å². The number of nitrogens with zero attached hydrogens (tertiary/aromatic N) is 3. The van der Waals surface area contributed by atoms with E-state index in [0.29, 0.717) is 6.04 Å². The number of hydrogen-bond donors (Lipinski definition) is 2. The van der Waals surface area contributed by atoms with Crippen molar-refractivity contribution in [2.24, 2.45) is 4.99 Å². The smallest absolute Gasteiger partial charge is 0.409 e. The molecule has 1 aliphatic carbocycles. The zero-order valence-electron chi connectivity index (χ0n) is 17.5. The van der Waals surface area contributed by atoms with Crippen molar-refractivity contribution in [1.82, 2.24) is 20.4 Å². The number of guanidine groups is 1. The molecule has 2 N–H and O–H groups in total. The van der Waals surface area contributed by atoms with Crippen LogP contribution in [-0.2, 0) is 4.74 Å². The summed E-state index contributed by atoms with van der Waals surface area (Å²) >= 11 is 2.08. The molecule has 160 valence electrons. The Labute approximate surface area is 174 Å². The molecule has 28 heavy (non-hydrogen) atoms. The Kier molecular flexibility index (Phi) is 8.14. The maximum atomic E-state index is 11.7. The van der Waals surface area contributed by atoms with Crippen LogP contribution in [0, 0.1) is 0 Å². The minimum atomic E-state index is -0.222. The third kappa shape index (κ3) is 5.47. The Morgan fingerprint density at radius 2 is 1.82 bits per heavy atom. The molecule has 7 nitrogen and oxygen atoms in total. The highest BCUT2D eigenvalue weighted by Crippen LogP contribution is 2.34. The van der Waals surface area contributed by atoms with Crippen LogP contribution in [0.4, 0.5) is 4.79 Å². The summed E-state index contributed by atoms with van der Waals surface area (Å²) in [5.74, 6) is 3.41. The molecule has 2 saturated heterocycles. The molecule has 0 aromatic heterocycles. The molecular weight excluding hydrogens is 374 g/mol. The van der Waals surface area contributed by atoms with Crippen LogP contribution in [0.25, 0.3) is 0 Å². The number of methoxy groups -OCH3 is 1. The Hall–Kier alpha value is -1.15. The first-order chi connectivity index (χ1) is 13.7. The maximum absolute atomic E-state index is 11.7. The number of carbonyl (C=O) groups is 1. The molecule has 0 spiro atoms. The van der Waals surface area contributed by atoms with Crippen molar-refractivity contribution < 1.29 is 9.53 Å². The normalized spacial score (nSPS) is 24.6. The van der Waals surface area contributed by atoms with Crippen LogP contribution in [0.3, 0.4) is 0 Å². The average Bonchev–Trinajstić information content (AvgIpc) is 2.77. The van der Waals surface area contributed by atoms with Gasteiger partial charge < -0.3 is 20.3 Å². The highest BCUT2D eigenvalue weighted by atomic mass is 32.2. The zero-order valence-corrected chi connectivity index (χ0v) is 18.4. The number of ether oxygens (including phenoxy) is 1. The van der Waals surface area contributed by atoms with Gasteiger partial charge >= 0.3 is 6.09 Å². The van der Waals surface area contributed by atoms with Crippen LogP contribution in [-0.4, -0.2) is 91.8 Å². The standard InChI is InChI=1S/C20H37N5O2S/c1-21-18(23-17-6-10-24(11-7-17)19(26)27-2)22-16-20(8-4-3-5-9-20)25-12-14-28-15-13-25/h17H,3-16H2,1-2H3,(H2,21,22,23). The fraction of sp³-hybridized carbons (Fsp3) is 0.900. The lowest BCUT2D eigenvalue weighted by atomic mass is 9.80. The summed E-state index contributed by atoms with van der Waals surface area (Å²) in [6.07, 6.45) is 8.25. The molecule has 0 aromatic carbocycles. The number of hydrogen-bond acceptors (Lipinski definition) is 5. The van der Waals surface area contributed by atoms with Crippen molar-refractivity contribution in [1.29, 1.82) is 0 Å². The van der Waals surface area contributed by atoms with Crippen LogP contribution in [0.2, 0.25) is 0 Å². The van der Waals surface area contributed by atoms with Gasteiger partial charge in [-0.25, -0.2) is 4.79 Å². The number of carbonyl (C=O) groups excluding carboxylic acids is 1. The van der Waals surface area contributed by atoms with E-state index in [9.17, 15) is 4.79 Å². The molecular formula is C20H37N5O2S. The molecule has 1 saturated carbocycles. The summed E-state index contributed by atoms with van der Waals surface area (Å²) in [7, 11) is 3.30. The number of amides is 1. The highest BCUT2D eigenvalue weighted by Gasteiger charge is 2.38. The summed E-state index contributed by atoms with van der Waals surface area (Å²) < 4.78 is 4.83. The van der Waals surface area contributed by atoms with Crippen molar-refractivity contribution in [3.8, 4) is 0 Å². The number of piperidine rings is 1. The van der Waals surface area contributed by atoms with Crippen LogP contribution >= 0.6 is 11.8 Å². The van der Waals surface area contributed by atoms with E-state index in [4.69, 9.17) is 4.74 Å². The van der Waals surface area contributed by atoms with Crippen LogP contribution in [0.1, 0.15) is 44.9 Å². The number of rotatable bonds is 4. The predicted octanol–water partition coefficient (Wildman–Crippen LogP) is 2.13. The molecule has 1 amide bonds. The monoisotopic (exact) mass is 411 g/mol. The number of aliphatic imine (C=N–C) groups is 1. The largest absolute Gasteiger partial charge is 0.453 e. The second kappa shape index (κ2) is 10.6. The molecule has 3 fully saturated rings. The second-order valence-corrected chi connectivity index (χ2v) is 9.41. The lowest BCUT2D eigenvalue weighted by molar-refractivity contribution is 0.0624. The van der Waals surface area contributed by atoms with Gasteiger partial charge in [0.15, 0.2) is 5.96 Å². The van der Waals surface area contributed by atoms with E-state index in [2.05, 4.69) is 32.3 Å². The lowest BCUT2D eigenvalue weighted by Gasteiger charge is -2.48. The van der Waals surface area contributed by atoms with E-state index in [0.717, 1.165) is 38.4 Å². The topological polar surface area (TPSA) is 69.2 Å². The van der Waals surface area contributed by atoms with Gasteiger partial charge in [0.1, 0.15) is 0 Å². The summed E-state index contributed by atoms with van der Waals surface area (Å²) in [5.41, 5.74) is 0.283. The van der Waals surface area contributed by atoms with Crippen LogP contribution in [0.15, 0.2) is 4.99 Å². The first-order valence-corrected chi connectivity index (χ1v) is 12.0. The molecule has 2 heterocycles. The van der Waals surface area contributed by atoms with Gasteiger partial charge in [-0.05, 0) is 25.7 Å². The number of likely N-dealkylation sites (tertiary alicyclic amines) is 1. The van der Waals surface area contributed by atoms with Crippen LogP contribution < -0.4 is 10.6 Å². The van der Waals surface area contributed by atoms with E-state index >= 15 is 0 Å². The van der Waals surface area contributed by atoms with Gasteiger partial charge in [-0.1, -0.05) is 19.3 Å². The second-order valence-electron chi connectivity index (χ2n) is 8.19. The summed E-state index contributed by atoms with van der Waals surface area (Å²) in [6, 6.07) is 0.348. The Morgan fingerprint density at radius 1 is 1.14 bits per heavy atom. The van der Waals surface area contributed by atoms with E-state index in [1.165, 1.54) is 63.8 Å². The van der Waals surface area contributed by atoms with Crippen molar-refractivity contribution in [2.75, 3.05) is 58.4 Å². The van der Waals surface area contributed by atoms with Crippen molar-refractivity contribution in [2.45, 2.75) is 56.5 Å². The summed E-state index contributed by atoms with van der Waals surface area (Å²) in [4.78, 5) is 20.7. The highest BCUT2D eigenvalue weighted by molar-refractivity contribution is 7.99. The van der Waals surface area contributed by atoms with Crippen molar-refractivity contribution in [3.63, 3.8) is 0 Å². The molecule has 2 aliphatic heterocycles. The molecule has 0 atom stereocenters. The fourth-order valence-electron chi connectivity index (χ4n) is 4.82. The van der Waals surface area contributed by atoms with E-state index in [1.807, 2.05) is 7.05 Å². The number of thioether (sulfide) groups is 1. The summed E-state index contributed by atoms with van der Waals surface area (Å²) in [6.45, 7) is 4.86. The molecule has 0 bridgehead atoms. The van der Waals surface area contributed by atoms with Gasteiger partial charge in [0, 0.05) is 62.9 Å². The minimum Gasteiger partial charge on any atom is -0.453 e. The van der Waals surface area contributed by atoms with Gasteiger partial charge in [0.2, 0.25) is 0 Å². The molecule has 3 aliphatic rings. The molecule has 0 radical (unpaired) electrons. The Morgan fingerprint density at radius 3 is 2.43 bits per heavy atom. The lowest BCUT2D eigenvalue weighted by Crippen LogP contribution is -2.60. The van der Waals surface area contributed by atoms with Gasteiger partial charge in [0.25, 0.3) is 0 Å². The SMILES string of the molecule is CN=C(NCC1(N2CCSCC2)CCCCC1)NC1CCN(C(=O)OC)CC1. The Bertz CT molecular complexity index is 525. The molecule has 8 heteroatoms. The maximum Gasteiger partial charge on any atom is 0.409 e.